The summed E-state index contributed by atoms with van der Waals surface area (Å²) in [4.78, 5) is 12.5. The Kier molecular flexibility index (Phi) is 5.42. The van der Waals surface area contributed by atoms with Gasteiger partial charge in [0, 0.05) is 12.5 Å². The van der Waals surface area contributed by atoms with Crippen LogP contribution in [0.1, 0.15) is 57.0 Å². The molecule has 25 heavy (non-hydrogen) atoms. The van der Waals surface area contributed by atoms with Crippen LogP contribution in [-0.4, -0.2) is 25.9 Å². The average Bonchev–Trinajstić information content (AvgIpc) is 3.36. The summed E-state index contributed by atoms with van der Waals surface area (Å²) in [6, 6.07) is 6.00. The Balaban J connectivity index is 1.61. The van der Waals surface area contributed by atoms with Gasteiger partial charge in [0.05, 0.1) is 11.3 Å². The number of thioether (sulfide) groups is 1. The molecule has 0 aliphatic heterocycles. The number of hydrogen-bond donors (Lipinski definition) is 1. The molecule has 2 atom stereocenters. The van der Waals surface area contributed by atoms with Crippen molar-refractivity contribution in [2.45, 2.75) is 62.5 Å². The van der Waals surface area contributed by atoms with Crippen LogP contribution in [0.4, 0.5) is 4.39 Å². The molecule has 3 rings (SSSR count). The molecular weight excluding hydrogens is 339 g/mol. The first-order valence-electron chi connectivity index (χ1n) is 8.65. The van der Waals surface area contributed by atoms with Crippen molar-refractivity contribution >= 4 is 17.7 Å². The Bertz CT molecular complexity index is 742. The SMILES string of the molecule is CCn1c(S[C@H](C)C(=O)N[C@@H](C)c2ccc(F)cc2)nnc1C1CC1. The number of halogens is 1. The van der Waals surface area contributed by atoms with E-state index >= 15 is 0 Å². The predicted octanol–water partition coefficient (Wildman–Crippen LogP) is 3.67. The lowest BCUT2D eigenvalue weighted by Gasteiger charge is -2.17. The molecular formula is C18H23FN4OS. The normalized spacial score (nSPS) is 16.5. The van der Waals surface area contributed by atoms with Crippen molar-refractivity contribution in [3.8, 4) is 0 Å². The van der Waals surface area contributed by atoms with E-state index in [1.807, 2.05) is 13.8 Å². The zero-order valence-corrected chi connectivity index (χ0v) is 15.5. The van der Waals surface area contributed by atoms with E-state index in [2.05, 4.69) is 27.0 Å². The number of rotatable bonds is 7. The summed E-state index contributed by atoms with van der Waals surface area (Å²) in [6.07, 6.45) is 2.35. The lowest BCUT2D eigenvalue weighted by molar-refractivity contribution is -0.120. The van der Waals surface area contributed by atoms with Crippen LogP contribution in [0.2, 0.25) is 0 Å². The van der Waals surface area contributed by atoms with Gasteiger partial charge in [-0.05, 0) is 51.3 Å². The number of aromatic nitrogens is 3. The van der Waals surface area contributed by atoms with E-state index in [4.69, 9.17) is 0 Å². The first kappa shape index (κ1) is 17.9. The van der Waals surface area contributed by atoms with E-state index in [0.29, 0.717) is 5.92 Å². The molecule has 1 fully saturated rings. The second kappa shape index (κ2) is 7.56. The smallest absolute Gasteiger partial charge is 0.233 e. The molecule has 1 amide bonds. The summed E-state index contributed by atoms with van der Waals surface area (Å²) in [5.41, 5.74) is 0.875. The highest BCUT2D eigenvalue weighted by atomic mass is 32.2. The fourth-order valence-corrected chi connectivity index (χ4v) is 3.63. The monoisotopic (exact) mass is 362 g/mol. The number of amides is 1. The second-order valence-corrected chi connectivity index (χ2v) is 7.71. The van der Waals surface area contributed by atoms with Crippen molar-refractivity contribution in [1.82, 2.24) is 20.1 Å². The van der Waals surface area contributed by atoms with E-state index in [1.165, 1.54) is 36.7 Å². The molecule has 0 radical (unpaired) electrons. The molecule has 1 aromatic carbocycles. The van der Waals surface area contributed by atoms with Crippen LogP contribution in [-0.2, 0) is 11.3 Å². The van der Waals surface area contributed by atoms with Gasteiger partial charge in [0.15, 0.2) is 5.16 Å². The molecule has 1 N–H and O–H groups in total. The fraction of sp³-hybridized carbons (Fsp3) is 0.500. The van der Waals surface area contributed by atoms with E-state index in [-0.39, 0.29) is 23.0 Å². The van der Waals surface area contributed by atoms with Crippen molar-refractivity contribution in [3.05, 3.63) is 41.5 Å². The molecule has 134 valence electrons. The maximum absolute atomic E-state index is 13.0. The molecule has 0 saturated heterocycles. The summed E-state index contributed by atoms with van der Waals surface area (Å²) in [5, 5.41) is 12.1. The minimum Gasteiger partial charge on any atom is -0.349 e. The van der Waals surface area contributed by atoms with Crippen LogP contribution in [0, 0.1) is 5.82 Å². The molecule has 5 nitrogen and oxygen atoms in total. The molecule has 1 aliphatic rings. The minimum absolute atomic E-state index is 0.0690. The van der Waals surface area contributed by atoms with Gasteiger partial charge in [0.1, 0.15) is 11.6 Å². The molecule has 1 aromatic heterocycles. The van der Waals surface area contributed by atoms with Gasteiger partial charge in [-0.2, -0.15) is 0 Å². The molecule has 2 aromatic rings. The Hall–Kier alpha value is -1.89. The predicted molar refractivity (Wildman–Crippen MR) is 95.9 cm³/mol. The molecule has 1 heterocycles. The van der Waals surface area contributed by atoms with Gasteiger partial charge in [0.25, 0.3) is 0 Å². The van der Waals surface area contributed by atoms with Gasteiger partial charge in [-0.1, -0.05) is 23.9 Å². The standard InChI is InChI=1S/C18H23FN4OS/c1-4-23-16(14-5-6-14)21-22-18(23)25-12(3)17(24)20-11(2)13-7-9-15(19)10-8-13/h7-12,14H,4-6H2,1-3H3,(H,20,24)/t11-,12+/m0/s1. The van der Waals surface area contributed by atoms with Crippen molar-refractivity contribution in [3.63, 3.8) is 0 Å². The van der Waals surface area contributed by atoms with Crippen molar-refractivity contribution in [2.24, 2.45) is 0 Å². The molecule has 0 bridgehead atoms. The highest BCUT2D eigenvalue weighted by Crippen LogP contribution is 2.40. The Labute approximate surface area is 151 Å². The summed E-state index contributed by atoms with van der Waals surface area (Å²) in [7, 11) is 0. The van der Waals surface area contributed by atoms with E-state index in [0.717, 1.165) is 23.1 Å². The van der Waals surface area contributed by atoms with Crippen LogP contribution < -0.4 is 5.32 Å². The maximum Gasteiger partial charge on any atom is 0.233 e. The average molecular weight is 362 g/mol. The molecule has 1 aliphatic carbocycles. The van der Waals surface area contributed by atoms with Crippen LogP contribution in [0.15, 0.2) is 29.4 Å². The number of carbonyl (C=O) groups excluding carboxylic acids is 1. The first-order chi connectivity index (χ1) is 12.0. The fourth-order valence-electron chi connectivity index (χ4n) is 2.71. The minimum atomic E-state index is -0.288. The van der Waals surface area contributed by atoms with Crippen LogP contribution in [0.3, 0.4) is 0 Å². The lowest BCUT2D eigenvalue weighted by Crippen LogP contribution is -2.33. The van der Waals surface area contributed by atoms with Gasteiger partial charge in [-0.15, -0.1) is 10.2 Å². The van der Waals surface area contributed by atoms with E-state index < -0.39 is 0 Å². The van der Waals surface area contributed by atoms with Gasteiger partial charge in [-0.3, -0.25) is 4.79 Å². The summed E-state index contributed by atoms with van der Waals surface area (Å²) in [6.45, 7) is 6.63. The zero-order chi connectivity index (χ0) is 18.0. The zero-order valence-electron chi connectivity index (χ0n) is 14.7. The van der Waals surface area contributed by atoms with Gasteiger partial charge in [0.2, 0.25) is 5.91 Å². The highest BCUT2D eigenvalue weighted by Gasteiger charge is 2.30. The summed E-state index contributed by atoms with van der Waals surface area (Å²) in [5.74, 6) is 1.22. The largest absolute Gasteiger partial charge is 0.349 e. The molecule has 0 unspecified atom stereocenters. The van der Waals surface area contributed by atoms with Crippen LogP contribution >= 0.6 is 11.8 Å². The maximum atomic E-state index is 13.0. The first-order valence-corrected chi connectivity index (χ1v) is 9.53. The van der Waals surface area contributed by atoms with E-state index in [9.17, 15) is 9.18 Å². The van der Waals surface area contributed by atoms with Gasteiger partial charge in [-0.25, -0.2) is 4.39 Å². The third-order valence-electron chi connectivity index (χ3n) is 4.38. The van der Waals surface area contributed by atoms with Crippen LogP contribution in [0.5, 0.6) is 0 Å². The second-order valence-electron chi connectivity index (χ2n) is 6.40. The quantitative estimate of drug-likeness (QED) is 0.764. The van der Waals surface area contributed by atoms with Crippen LogP contribution in [0.25, 0.3) is 0 Å². The summed E-state index contributed by atoms with van der Waals surface area (Å²) >= 11 is 1.43. The number of nitrogens with one attached hydrogen (secondary N) is 1. The van der Waals surface area contributed by atoms with E-state index in [1.54, 1.807) is 12.1 Å². The van der Waals surface area contributed by atoms with Crippen molar-refractivity contribution < 1.29 is 9.18 Å². The third-order valence-corrected chi connectivity index (χ3v) is 5.46. The number of nitrogens with zero attached hydrogens (tertiary/aromatic N) is 3. The van der Waals surface area contributed by atoms with Crippen molar-refractivity contribution in [2.75, 3.05) is 0 Å². The molecule has 7 heteroatoms. The lowest BCUT2D eigenvalue weighted by atomic mass is 10.1. The number of benzene rings is 1. The summed E-state index contributed by atoms with van der Waals surface area (Å²) < 4.78 is 15.1. The number of hydrogen-bond acceptors (Lipinski definition) is 4. The Morgan fingerprint density at radius 3 is 2.60 bits per heavy atom. The topological polar surface area (TPSA) is 59.8 Å². The number of carbonyl (C=O) groups is 1. The highest BCUT2D eigenvalue weighted by molar-refractivity contribution is 8.00. The Morgan fingerprint density at radius 1 is 1.32 bits per heavy atom. The molecule has 1 saturated carbocycles. The van der Waals surface area contributed by atoms with Gasteiger partial charge >= 0.3 is 0 Å². The van der Waals surface area contributed by atoms with Crippen molar-refractivity contribution in [1.29, 1.82) is 0 Å². The van der Waals surface area contributed by atoms with Gasteiger partial charge < -0.3 is 9.88 Å². The Morgan fingerprint density at radius 2 is 2.00 bits per heavy atom. The molecule has 0 spiro atoms. The third kappa shape index (κ3) is 4.21.